The Morgan fingerprint density at radius 3 is 0.875 bits per heavy atom. The number of halogens is 11. The maximum atomic E-state index is 15.4. The molecular formula is C31H3F11N6. The molecule has 0 unspecified atom stereocenters. The second-order valence-electron chi connectivity index (χ2n) is 9.25. The summed E-state index contributed by atoms with van der Waals surface area (Å²) in [6, 6.07) is 5.91. The van der Waals surface area contributed by atoms with E-state index >= 15 is 22.0 Å². The van der Waals surface area contributed by atoms with Crippen LogP contribution < -0.4 is 0 Å². The van der Waals surface area contributed by atoms with Gasteiger partial charge in [-0.15, -0.1) is 0 Å². The Kier molecular flexibility index (Phi) is 8.55. The van der Waals surface area contributed by atoms with Gasteiger partial charge in [0.25, 0.3) is 0 Å². The van der Waals surface area contributed by atoms with Crippen LogP contribution in [0.25, 0.3) is 16.7 Å². The zero-order valence-corrected chi connectivity index (χ0v) is 22.8. The molecule has 0 amide bonds. The minimum Gasteiger partial charge on any atom is -0.205 e. The van der Waals surface area contributed by atoms with Crippen LogP contribution in [0.2, 0.25) is 0 Å². The molecule has 4 rings (SSSR count). The number of nitriles is 6. The first kappa shape index (κ1) is 33.9. The molecular weight excluding hydrogens is 665 g/mol. The lowest BCUT2D eigenvalue weighted by atomic mass is 9.95. The third kappa shape index (κ3) is 4.58. The summed E-state index contributed by atoms with van der Waals surface area (Å²) in [7, 11) is 0. The van der Waals surface area contributed by atoms with Crippen LogP contribution in [0.1, 0.15) is 38.9 Å². The van der Waals surface area contributed by atoms with Gasteiger partial charge in [-0.05, 0) is 12.5 Å². The molecule has 48 heavy (non-hydrogen) atoms. The molecule has 1 aliphatic carbocycles. The van der Waals surface area contributed by atoms with E-state index in [4.69, 9.17) is 15.8 Å². The predicted octanol–water partition coefficient (Wildman–Crippen LogP) is 7.39. The maximum Gasteiger partial charge on any atom is 0.180 e. The summed E-state index contributed by atoms with van der Waals surface area (Å²) >= 11 is 0. The van der Waals surface area contributed by atoms with Gasteiger partial charge in [0.15, 0.2) is 64.0 Å². The van der Waals surface area contributed by atoms with Gasteiger partial charge in [-0.3, -0.25) is 0 Å². The fourth-order valence-electron chi connectivity index (χ4n) is 4.71. The maximum absolute atomic E-state index is 15.4. The molecule has 6 nitrogen and oxygen atoms in total. The lowest BCUT2D eigenvalue weighted by Crippen LogP contribution is -2.06. The SMILES string of the molecule is Cc1c(F)c(F)c(C#N)c(F)c1C(C#N)=C1C(=C(C#N)c2c(F)c(F)c(C#N)c(F)c2F)C1=C(C#N)c1c(F)c(F)c(C#N)c(F)c1F. The first-order chi connectivity index (χ1) is 22.6. The number of hydrogen-bond acceptors (Lipinski definition) is 6. The molecule has 1 aliphatic rings. The van der Waals surface area contributed by atoms with E-state index in [0.717, 1.165) is 30.3 Å². The number of nitrogens with zero attached hydrogens (tertiary/aromatic N) is 6. The van der Waals surface area contributed by atoms with Crippen LogP contribution in [-0.4, -0.2) is 0 Å². The Morgan fingerprint density at radius 1 is 0.354 bits per heavy atom. The van der Waals surface area contributed by atoms with Crippen molar-refractivity contribution in [2.75, 3.05) is 0 Å². The summed E-state index contributed by atoms with van der Waals surface area (Å²) in [5.41, 5.74) is -20.0. The molecule has 0 atom stereocenters. The predicted molar refractivity (Wildman–Crippen MR) is 135 cm³/mol. The summed E-state index contributed by atoms with van der Waals surface area (Å²) in [5, 5.41) is 56.7. The lowest BCUT2D eigenvalue weighted by molar-refractivity contribution is 0.446. The van der Waals surface area contributed by atoms with Crippen molar-refractivity contribution in [3.8, 4) is 36.4 Å². The highest BCUT2D eigenvalue weighted by atomic mass is 19.2. The molecule has 0 bridgehead atoms. The van der Waals surface area contributed by atoms with Crippen molar-refractivity contribution in [3.63, 3.8) is 0 Å². The van der Waals surface area contributed by atoms with Crippen LogP contribution in [0.15, 0.2) is 16.7 Å². The minimum absolute atomic E-state index is 0.636. The van der Waals surface area contributed by atoms with E-state index in [9.17, 15) is 42.1 Å². The molecule has 1 fully saturated rings. The highest BCUT2D eigenvalue weighted by Crippen LogP contribution is 2.57. The molecule has 0 heterocycles. The molecule has 17 heteroatoms. The van der Waals surface area contributed by atoms with Gasteiger partial charge in [0.2, 0.25) is 0 Å². The van der Waals surface area contributed by atoms with Gasteiger partial charge in [-0.25, -0.2) is 48.3 Å². The molecule has 0 spiro atoms. The average molecular weight is 668 g/mol. The second-order valence-corrected chi connectivity index (χ2v) is 9.25. The number of allylic oxidation sites excluding steroid dienone is 6. The third-order valence-corrected chi connectivity index (χ3v) is 6.94. The van der Waals surface area contributed by atoms with Crippen molar-refractivity contribution in [3.05, 3.63) is 120 Å². The highest BCUT2D eigenvalue weighted by Gasteiger charge is 2.46. The minimum atomic E-state index is -2.45. The molecule has 3 aromatic carbocycles. The summed E-state index contributed by atoms with van der Waals surface area (Å²) < 4.78 is 163. The first-order valence-electron chi connectivity index (χ1n) is 12.2. The number of hydrogen-bond donors (Lipinski definition) is 0. The van der Waals surface area contributed by atoms with Crippen molar-refractivity contribution in [2.24, 2.45) is 0 Å². The van der Waals surface area contributed by atoms with E-state index in [2.05, 4.69) is 0 Å². The topological polar surface area (TPSA) is 143 Å². The molecule has 234 valence electrons. The summed E-state index contributed by atoms with van der Waals surface area (Å²) in [4.78, 5) is 0. The van der Waals surface area contributed by atoms with Crippen molar-refractivity contribution >= 4 is 16.7 Å². The average Bonchev–Trinajstić information content (AvgIpc) is 3.78. The monoisotopic (exact) mass is 668 g/mol. The smallest absolute Gasteiger partial charge is 0.180 e. The van der Waals surface area contributed by atoms with Gasteiger partial charge in [-0.1, -0.05) is 0 Å². The van der Waals surface area contributed by atoms with Crippen molar-refractivity contribution in [2.45, 2.75) is 6.92 Å². The van der Waals surface area contributed by atoms with E-state index in [-0.39, 0.29) is 0 Å². The van der Waals surface area contributed by atoms with Crippen LogP contribution in [-0.2, 0) is 0 Å². The van der Waals surface area contributed by atoms with Crippen molar-refractivity contribution < 1.29 is 48.3 Å². The quantitative estimate of drug-likeness (QED) is 0.162. The molecule has 3 aromatic rings. The van der Waals surface area contributed by atoms with Gasteiger partial charge < -0.3 is 0 Å². The number of benzene rings is 3. The molecule has 0 N–H and O–H groups in total. The second kappa shape index (κ2) is 12.1. The highest BCUT2D eigenvalue weighted by molar-refractivity contribution is 6.12. The third-order valence-electron chi connectivity index (χ3n) is 6.94. The van der Waals surface area contributed by atoms with Gasteiger partial charge in [0.1, 0.15) is 53.1 Å². The van der Waals surface area contributed by atoms with Crippen LogP contribution in [0, 0.1) is 139 Å². The van der Waals surface area contributed by atoms with E-state index in [1.807, 2.05) is 0 Å². The Labute approximate surface area is 259 Å². The van der Waals surface area contributed by atoms with Crippen LogP contribution >= 0.6 is 0 Å². The Hall–Kier alpha value is -6.95. The molecule has 0 radical (unpaired) electrons. The lowest BCUT2D eigenvalue weighted by Gasteiger charge is -2.10. The zero-order chi connectivity index (χ0) is 36.1. The zero-order valence-electron chi connectivity index (χ0n) is 22.8. The van der Waals surface area contributed by atoms with Crippen molar-refractivity contribution in [1.82, 2.24) is 0 Å². The fourth-order valence-corrected chi connectivity index (χ4v) is 4.71. The standard InChI is InChI=1S/C31H3F11N6/c1-8-15(22(33)12(5-46)23(34)21(8)32)9(2-43)16-17(10(3-44)19-28(39)24(35)13(6-47)25(36)29(19)40)18(16)11(4-45)20-30(41)26(37)14(7-48)27(38)31(20)42/h1H3. The normalized spacial score (nSPS) is 13.8. The first-order valence-corrected chi connectivity index (χ1v) is 12.2. The number of rotatable bonds is 3. The molecule has 0 saturated heterocycles. The van der Waals surface area contributed by atoms with Gasteiger partial charge in [-0.2, -0.15) is 31.6 Å². The van der Waals surface area contributed by atoms with E-state index < -0.39 is 136 Å². The van der Waals surface area contributed by atoms with Crippen molar-refractivity contribution in [1.29, 1.82) is 31.6 Å². The summed E-state index contributed by atoms with van der Waals surface area (Å²) in [5.74, 6) is -25.3. The summed E-state index contributed by atoms with van der Waals surface area (Å²) in [6.07, 6.45) is 0. The van der Waals surface area contributed by atoms with Crippen LogP contribution in [0.4, 0.5) is 48.3 Å². The van der Waals surface area contributed by atoms with E-state index in [1.165, 1.54) is 6.07 Å². The molecule has 1 saturated carbocycles. The Bertz CT molecular complexity index is 2260. The van der Waals surface area contributed by atoms with E-state index in [1.54, 1.807) is 0 Å². The van der Waals surface area contributed by atoms with Gasteiger partial charge in [0.05, 0.1) is 27.8 Å². The van der Waals surface area contributed by atoms with E-state index in [0.29, 0.717) is 6.92 Å². The largest absolute Gasteiger partial charge is 0.205 e. The molecule has 0 aliphatic heterocycles. The Morgan fingerprint density at radius 2 is 0.604 bits per heavy atom. The van der Waals surface area contributed by atoms with Crippen LogP contribution in [0.3, 0.4) is 0 Å². The molecule has 0 aromatic heterocycles. The fraction of sp³-hybridized carbons (Fsp3) is 0.0323. The summed E-state index contributed by atoms with van der Waals surface area (Å²) in [6.45, 7) is 0.636. The Balaban J connectivity index is 2.39. The van der Waals surface area contributed by atoms with Gasteiger partial charge in [0, 0.05) is 22.3 Å². The van der Waals surface area contributed by atoms with Gasteiger partial charge >= 0.3 is 0 Å². The van der Waals surface area contributed by atoms with Crippen LogP contribution in [0.5, 0.6) is 0 Å².